The van der Waals surface area contributed by atoms with E-state index in [9.17, 15) is 4.79 Å². The minimum atomic E-state index is -0.278. The molecule has 4 aromatic rings. The highest BCUT2D eigenvalue weighted by Gasteiger charge is 2.12. The van der Waals surface area contributed by atoms with E-state index in [1.807, 2.05) is 72.8 Å². The topological polar surface area (TPSA) is 54.0 Å². The summed E-state index contributed by atoms with van der Waals surface area (Å²) >= 11 is 1.61. The van der Waals surface area contributed by atoms with Crippen molar-refractivity contribution in [1.29, 1.82) is 0 Å². The lowest BCUT2D eigenvalue weighted by molar-refractivity contribution is 0.262. The fourth-order valence-electron chi connectivity index (χ4n) is 2.57. The Hall–Kier alpha value is -3.18. The van der Waals surface area contributed by atoms with Gasteiger partial charge in [0.15, 0.2) is 0 Å². The van der Waals surface area contributed by atoms with Crippen LogP contribution < -0.4 is 10.6 Å². The summed E-state index contributed by atoms with van der Waals surface area (Å²) in [6, 6.07) is 24.8. The summed E-state index contributed by atoms with van der Waals surface area (Å²) in [5.74, 6) is 0. The van der Waals surface area contributed by atoms with Crippen LogP contribution in [0.25, 0.3) is 20.8 Å². The van der Waals surface area contributed by atoms with Gasteiger partial charge >= 0.3 is 6.03 Å². The first-order valence-electron chi connectivity index (χ1n) is 7.87. The number of anilines is 2. The smallest absolute Gasteiger partial charge is 0.308 e. The monoisotopic (exact) mass is 345 g/mol. The molecule has 1 aromatic heterocycles. The van der Waals surface area contributed by atoms with Crippen LogP contribution in [0, 0.1) is 0 Å². The van der Waals surface area contributed by atoms with Crippen LogP contribution in [0.1, 0.15) is 0 Å². The van der Waals surface area contributed by atoms with Crippen LogP contribution in [0.4, 0.5) is 16.2 Å². The molecule has 1 heterocycles. The standard InChI is InChI=1S/C20H15N3OS/c24-20(21-14-8-2-1-3-9-14)23-16-11-5-4-10-15(16)19-22-17-12-6-7-13-18(17)25-19/h1-13H,(H2,21,23,24). The van der Waals surface area contributed by atoms with E-state index in [0.717, 1.165) is 32.2 Å². The van der Waals surface area contributed by atoms with Gasteiger partial charge in [0.25, 0.3) is 0 Å². The molecule has 0 spiro atoms. The summed E-state index contributed by atoms with van der Waals surface area (Å²) in [6.45, 7) is 0. The van der Waals surface area contributed by atoms with Crippen molar-refractivity contribution in [2.75, 3.05) is 10.6 Å². The number of benzene rings is 3. The second-order valence-electron chi connectivity index (χ2n) is 5.48. The second-order valence-corrected chi connectivity index (χ2v) is 6.51. The lowest BCUT2D eigenvalue weighted by atomic mass is 10.2. The number of amides is 2. The maximum Gasteiger partial charge on any atom is 0.323 e. The number of fused-ring (bicyclic) bond motifs is 1. The van der Waals surface area contributed by atoms with Gasteiger partial charge in [-0.05, 0) is 36.4 Å². The third-order valence-corrected chi connectivity index (χ3v) is 4.80. The molecule has 3 aromatic carbocycles. The average molecular weight is 345 g/mol. The number of nitrogens with zero attached hydrogens (tertiary/aromatic N) is 1. The number of hydrogen-bond acceptors (Lipinski definition) is 3. The molecule has 4 rings (SSSR count). The summed E-state index contributed by atoms with van der Waals surface area (Å²) in [5.41, 5.74) is 3.35. The predicted molar refractivity (Wildman–Crippen MR) is 104 cm³/mol. The Labute approximate surface area is 149 Å². The normalized spacial score (nSPS) is 10.6. The van der Waals surface area contributed by atoms with Crippen molar-refractivity contribution < 1.29 is 4.79 Å². The zero-order chi connectivity index (χ0) is 17.1. The van der Waals surface area contributed by atoms with E-state index in [0.29, 0.717) is 0 Å². The van der Waals surface area contributed by atoms with E-state index >= 15 is 0 Å². The molecule has 0 saturated heterocycles. The van der Waals surface area contributed by atoms with Crippen molar-refractivity contribution in [1.82, 2.24) is 4.98 Å². The first-order chi connectivity index (χ1) is 12.3. The Morgan fingerprint density at radius 3 is 2.36 bits per heavy atom. The van der Waals surface area contributed by atoms with Gasteiger partial charge in [0.1, 0.15) is 5.01 Å². The molecule has 0 radical (unpaired) electrons. The molecule has 122 valence electrons. The molecule has 0 bridgehead atoms. The van der Waals surface area contributed by atoms with Gasteiger partial charge in [-0.3, -0.25) is 0 Å². The minimum Gasteiger partial charge on any atom is -0.308 e. The van der Waals surface area contributed by atoms with Gasteiger partial charge in [-0.2, -0.15) is 0 Å². The zero-order valence-corrected chi connectivity index (χ0v) is 14.1. The van der Waals surface area contributed by atoms with E-state index in [1.165, 1.54) is 0 Å². The maximum absolute atomic E-state index is 12.3. The lowest BCUT2D eigenvalue weighted by Crippen LogP contribution is -2.19. The molecule has 0 saturated carbocycles. The Morgan fingerprint density at radius 1 is 0.800 bits per heavy atom. The van der Waals surface area contributed by atoms with Crippen LogP contribution in [0.2, 0.25) is 0 Å². The highest BCUT2D eigenvalue weighted by Crippen LogP contribution is 2.34. The van der Waals surface area contributed by atoms with Crippen LogP contribution in [-0.4, -0.2) is 11.0 Å². The maximum atomic E-state index is 12.3. The van der Waals surface area contributed by atoms with E-state index < -0.39 is 0 Å². The highest BCUT2D eigenvalue weighted by molar-refractivity contribution is 7.21. The minimum absolute atomic E-state index is 0.278. The number of carbonyl (C=O) groups is 1. The van der Waals surface area contributed by atoms with Crippen LogP contribution in [0.3, 0.4) is 0 Å². The summed E-state index contributed by atoms with van der Waals surface area (Å²) in [7, 11) is 0. The SMILES string of the molecule is O=C(Nc1ccccc1)Nc1ccccc1-c1nc2ccccc2s1. The zero-order valence-electron chi connectivity index (χ0n) is 13.3. The molecule has 5 heteroatoms. The van der Waals surface area contributed by atoms with Crippen molar-refractivity contribution in [3.8, 4) is 10.6 Å². The van der Waals surface area contributed by atoms with Crippen LogP contribution in [0.5, 0.6) is 0 Å². The number of para-hydroxylation sites is 3. The summed E-state index contributed by atoms with van der Waals surface area (Å²) in [6.07, 6.45) is 0. The molecule has 25 heavy (non-hydrogen) atoms. The van der Waals surface area contributed by atoms with Crippen molar-refractivity contribution in [2.45, 2.75) is 0 Å². The fourth-order valence-corrected chi connectivity index (χ4v) is 3.58. The Morgan fingerprint density at radius 2 is 1.52 bits per heavy atom. The molecule has 4 nitrogen and oxygen atoms in total. The first kappa shape index (κ1) is 15.4. The lowest BCUT2D eigenvalue weighted by Gasteiger charge is -2.10. The molecule has 0 aliphatic carbocycles. The van der Waals surface area contributed by atoms with Crippen molar-refractivity contribution in [3.05, 3.63) is 78.9 Å². The van der Waals surface area contributed by atoms with Gasteiger partial charge in [-0.25, -0.2) is 9.78 Å². The second kappa shape index (κ2) is 6.75. The van der Waals surface area contributed by atoms with Crippen molar-refractivity contribution in [3.63, 3.8) is 0 Å². The van der Waals surface area contributed by atoms with Gasteiger partial charge < -0.3 is 10.6 Å². The van der Waals surface area contributed by atoms with Gasteiger partial charge in [-0.15, -0.1) is 11.3 Å². The number of carbonyl (C=O) groups excluding carboxylic acids is 1. The molecule has 2 amide bonds. The molecule has 0 unspecified atom stereocenters. The predicted octanol–water partition coefficient (Wildman–Crippen LogP) is 5.61. The van der Waals surface area contributed by atoms with E-state index in [1.54, 1.807) is 11.3 Å². The number of hydrogen-bond donors (Lipinski definition) is 2. The Kier molecular flexibility index (Phi) is 4.14. The third-order valence-electron chi connectivity index (χ3n) is 3.73. The molecule has 0 atom stereocenters. The molecule has 0 fully saturated rings. The van der Waals surface area contributed by atoms with Crippen molar-refractivity contribution >= 4 is 39.0 Å². The van der Waals surface area contributed by atoms with Gasteiger partial charge in [0, 0.05) is 11.3 Å². The number of nitrogens with one attached hydrogen (secondary N) is 2. The summed E-state index contributed by atoms with van der Waals surface area (Å²) in [5, 5.41) is 6.63. The van der Waals surface area contributed by atoms with Crippen LogP contribution in [-0.2, 0) is 0 Å². The Bertz CT molecular complexity index is 994. The van der Waals surface area contributed by atoms with Crippen molar-refractivity contribution in [2.24, 2.45) is 0 Å². The Balaban J connectivity index is 1.61. The van der Waals surface area contributed by atoms with E-state index in [2.05, 4.69) is 21.7 Å². The molecule has 0 aliphatic heterocycles. The summed E-state index contributed by atoms with van der Waals surface area (Å²) in [4.78, 5) is 17.0. The van der Waals surface area contributed by atoms with E-state index in [4.69, 9.17) is 0 Å². The molecular weight excluding hydrogens is 330 g/mol. The van der Waals surface area contributed by atoms with Gasteiger partial charge in [0.2, 0.25) is 0 Å². The molecule has 2 N–H and O–H groups in total. The van der Waals surface area contributed by atoms with Gasteiger partial charge in [0.05, 0.1) is 15.9 Å². The number of rotatable bonds is 3. The molecule has 0 aliphatic rings. The summed E-state index contributed by atoms with van der Waals surface area (Å²) < 4.78 is 1.13. The quantitative estimate of drug-likeness (QED) is 0.507. The van der Waals surface area contributed by atoms with Crippen LogP contribution in [0.15, 0.2) is 78.9 Å². The van der Waals surface area contributed by atoms with Crippen LogP contribution >= 0.6 is 11.3 Å². The average Bonchev–Trinajstić information content (AvgIpc) is 3.07. The largest absolute Gasteiger partial charge is 0.323 e. The van der Waals surface area contributed by atoms with Gasteiger partial charge in [-0.1, -0.05) is 42.5 Å². The number of urea groups is 1. The number of thiazole rings is 1. The third kappa shape index (κ3) is 3.36. The number of aromatic nitrogens is 1. The molecular formula is C20H15N3OS. The van der Waals surface area contributed by atoms with E-state index in [-0.39, 0.29) is 6.03 Å². The first-order valence-corrected chi connectivity index (χ1v) is 8.69. The fraction of sp³-hybridized carbons (Fsp3) is 0. The highest BCUT2D eigenvalue weighted by atomic mass is 32.1.